The molecule has 0 aromatic heterocycles. The third kappa shape index (κ3) is 2.80. The number of rotatable bonds is 4. The van der Waals surface area contributed by atoms with Crippen LogP contribution in [0, 0.1) is 0 Å². The maximum atomic E-state index is 11.7. The van der Waals surface area contributed by atoms with Crippen LogP contribution in [0.25, 0.3) is 0 Å². The Morgan fingerprint density at radius 1 is 1.38 bits per heavy atom. The molecule has 1 aromatic rings. The van der Waals surface area contributed by atoms with E-state index in [0.717, 1.165) is 0 Å². The molecule has 1 aromatic carbocycles. The summed E-state index contributed by atoms with van der Waals surface area (Å²) in [7, 11) is 3.54. The van der Waals surface area contributed by atoms with Crippen molar-refractivity contribution in [3.8, 4) is 5.75 Å². The zero-order valence-electron chi connectivity index (χ0n) is 9.23. The van der Waals surface area contributed by atoms with Crippen molar-refractivity contribution in [3.63, 3.8) is 0 Å². The number of benzene rings is 1. The van der Waals surface area contributed by atoms with Crippen molar-refractivity contribution in [3.05, 3.63) is 29.3 Å². The van der Waals surface area contributed by atoms with Crippen LogP contribution in [-0.4, -0.2) is 42.3 Å². The quantitative estimate of drug-likeness (QED) is 0.714. The largest absolute Gasteiger partial charge is 0.507 e. The Bertz CT molecular complexity index is 427. The number of amides is 1. The Labute approximate surface area is 93.5 Å². The molecule has 1 amide bonds. The second-order valence-corrected chi connectivity index (χ2v) is 3.76. The van der Waals surface area contributed by atoms with Crippen molar-refractivity contribution in [1.29, 1.82) is 0 Å². The summed E-state index contributed by atoms with van der Waals surface area (Å²) in [6, 6.07) is 4.07. The zero-order valence-corrected chi connectivity index (χ0v) is 9.23. The van der Waals surface area contributed by atoms with Gasteiger partial charge in [-0.05, 0) is 32.3 Å². The SMILES string of the molecule is CN(C)CC(=O)c1ccc(O)c(C(N)=O)c1. The van der Waals surface area contributed by atoms with Crippen molar-refractivity contribution < 1.29 is 14.7 Å². The van der Waals surface area contributed by atoms with Gasteiger partial charge in [-0.2, -0.15) is 0 Å². The fourth-order valence-electron chi connectivity index (χ4n) is 1.29. The van der Waals surface area contributed by atoms with E-state index in [0.29, 0.717) is 5.56 Å². The first-order chi connectivity index (χ1) is 7.41. The Morgan fingerprint density at radius 2 is 2.00 bits per heavy atom. The maximum absolute atomic E-state index is 11.7. The Morgan fingerprint density at radius 3 is 2.50 bits per heavy atom. The number of hydrogen-bond donors (Lipinski definition) is 2. The zero-order chi connectivity index (χ0) is 12.3. The summed E-state index contributed by atoms with van der Waals surface area (Å²) in [5, 5.41) is 9.35. The van der Waals surface area contributed by atoms with Crippen LogP contribution in [0.3, 0.4) is 0 Å². The van der Waals surface area contributed by atoms with E-state index in [-0.39, 0.29) is 23.6 Å². The minimum Gasteiger partial charge on any atom is -0.507 e. The molecular formula is C11H14N2O3. The number of likely N-dealkylation sites (N-methyl/N-ethyl adjacent to an activating group) is 1. The van der Waals surface area contributed by atoms with Gasteiger partial charge in [0.25, 0.3) is 5.91 Å². The highest BCUT2D eigenvalue weighted by Crippen LogP contribution is 2.18. The van der Waals surface area contributed by atoms with Gasteiger partial charge < -0.3 is 15.7 Å². The predicted molar refractivity (Wildman–Crippen MR) is 59.5 cm³/mol. The van der Waals surface area contributed by atoms with E-state index >= 15 is 0 Å². The molecule has 86 valence electrons. The van der Waals surface area contributed by atoms with Crippen LogP contribution in [-0.2, 0) is 0 Å². The summed E-state index contributed by atoms with van der Waals surface area (Å²) in [6.07, 6.45) is 0. The van der Waals surface area contributed by atoms with Gasteiger partial charge in [0, 0.05) is 5.56 Å². The van der Waals surface area contributed by atoms with E-state index in [9.17, 15) is 14.7 Å². The topological polar surface area (TPSA) is 83.6 Å². The highest BCUT2D eigenvalue weighted by Gasteiger charge is 2.12. The molecule has 1 rings (SSSR count). The highest BCUT2D eigenvalue weighted by molar-refractivity contribution is 6.02. The number of carbonyl (C=O) groups excluding carboxylic acids is 2. The highest BCUT2D eigenvalue weighted by atomic mass is 16.3. The van der Waals surface area contributed by atoms with Gasteiger partial charge in [-0.25, -0.2) is 0 Å². The molecule has 0 saturated carbocycles. The molecule has 0 aliphatic carbocycles. The average molecular weight is 222 g/mol. The van der Waals surface area contributed by atoms with E-state index in [1.54, 1.807) is 19.0 Å². The average Bonchev–Trinajstić information content (AvgIpc) is 2.16. The smallest absolute Gasteiger partial charge is 0.252 e. The lowest BCUT2D eigenvalue weighted by Gasteiger charge is -2.09. The van der Waals surface area contributed by atoms with Gasteiger partial charge in [0.2, 0.25) is 0 Å². The van der Waals surface area contributed by atoms with Gasteiger partial charge in [0.1, 0.15) is 5.75 Å². The predicted octanol–water partition coefficient (Wildman–Crippen LogP) is 0.235. The first kappa shape index (κ1) is 12.2. The first-order valence-electron chi connectivity index (χ1n) is 4.72. The number of primary amides is 1. The number of phenols is 1. The van der Waals surface area contributed by atoms with Crippen molar-refractivity contribution in [2.75, 3.05) is 20.6 Å². The Balaban J connectivity index is 3.03. The summed E-state index contributed by atoms with van der Waals surface area (Å²) in [4.78, 5) is 24.3. The molecular weight excluding hydrogens is 208 g/mol. The van der Waals surface area contributed by atoms with Crippen LogP contribution in [0.1, 0.15) is 20.7 Å². The van der Waals surface area contributed by atoms with Crippen LogP contribution in [0.15, 0.2) is 18.2 Å². The van der Waals surface area contributed by atoms with Crippen LogP contribution in [0.2, 0.25) is 0 Å². The molecule has 0 radical (unpaired) electrons. The van der Waals surface area contributed by atoms with E-state index in [1.165, 1.54) is 18.2 Å². The molecule has 3 N–H and O–H groups in total. The van der Waals surface area contributed by atoms with Gasteiger partial charge >= 0.3 is 0 Å². The lowest BCUT2D eigenvalue weighted by molar-refractivity contribution is 0.0958. The van der Waals surface area contributed by atoms with Crippen LogP contribution in [0.4, 0.5) is 0 Å². The van der Waals surface area contributed by atoms with Crippen LogP contribution >= 0.6 is 0 Å². The normalized spacial score (nSPS) is 10.4. The summed E-state index contributed by atoms with van der Waals surface area (Å²) in [6.45, 7) is 0.239. The lowest BCUT2D eigenvalue weighted by atomic mass is 10.1. The summed E-state index contributed by atoms with van der Waals surface area (Å²) in [5.74, 6) is -1.10. The summed E-state index contributed by atoms with van der Waals surface area (Å²) >= 11 is 0. The van der Waals surface area contributed by atoms with Gasteiger partial charge in [-0.3, -0.25) is 9.59 Å². The van der Waals surface area contributed by atoms with Crippen molar-refractivity contribution in [1.82, 2.24) is 4.90 Å². The van der Waals surface area contributed by atoms with Crippen LogP contribution < -0.4 is 5.73 Å². The molecule has 0 unspecified atom stereocenters. The number of carbonyl (C=O) groups is 2. The number of aromatic hydroxyl groups is 1. The molecule has 0 aliphatic rings. The van der Waals surface area contributed by atoms with Gasteiger partial charge in [-0.1, -0.05) is 0 Å². The summed E-state index contributed by atoms with van der Waals surface area (Å²) in [5.41, 5.74) is 5.39. The minimum absolute atomic E-state index is 0.0374. The molecule has 0 heterocycles. The fourth-order valence-corrected chi connectivity index (χ4v) is 1.29. The molecule has 0 fully saturated rings. The number of hydrogen-bond acceptors (Lipinski definition) is 4. The third-order valence-electron chi connectivity index (χ3n) is 2.04. The minimum atomic E-state index is -0.753. The molecule has 0 spiro atoms. The summed E-state index contributed by atoms with van der Waals surface area (Å²) < 4.78 is 0. The van der Waals surface area contributed by atoms with E-state index < -0.39 is 5.91 Å². The number of nitrogens with zero attached hydrogens (tertiary/aromatic N) is 1. The molecule has 0 atom stereocenters. The second-order valence-electron chi connectivity index (χ2n) is 3.76. The third-order valence-corrected chi connectivity index (χ3v) is 2.04. The van der Waals surface area contributed by atoms with Gasteiger partial charge in [0.15, 0.2) is 5.78 Å². The molecule has 0 bridgehead atoms. The molecule has 5 nitrogen and oxygen atoms in total. The fraction of sp³-hybridized carbons (Fsp3) is 0.273. The van der Waals surface area contributed by atoms with Crippen LogP contribution in [0.5, 0.6) is 5.75 Å². The Kier molecular flexibility index (Phi) is 3.63. The van der Waals surface area contributed by atoms with E-state index in [2.05, 4.69) is 0 Å². The van der Waals surface area contributed by atoms with E-state index in [4.69, 9.17) is 5.73 Å². The molecule has 0 aliphatic heterocycles. The first-order valence-corrected chi connectivity index (χ1v) is 4.72. The van der Waals surface area contributed by atoms with Gasteiger partial charge in [0.05, 0.1) is 12.1 Å². The number of ketones is 1. The Hall–Kier alpha value is -1.88. The maximum Gasteiger partial charge on any atom is 0.252 e. The van der Waals surface area contributed by atoms with E-state index in [1.807, 2.05) is 0 Å². The standard InChI is InChI=1S/C11H14N2O3/c1-13(2)6-10(15)7-3-4-9(14)8(5-7)11(12)16/h3-5,14H,6H2,1-2H3,(H2,12,16). The number of nitrogens with two attached hydrogens (primary N) is 1. The van der Waals surface area contributed by atoms with Crippen molar-refractivity contribution >= 4 is 11.7 Å². The van der Waals surface area contributed by atoms with Crippen molar-refractivity contribution in [2.45, 2.75) is 0 Å². The monoisotopic (exact) mass is 222 g/mol. The molecule has 5 heteroatoms. The molecule has 0 saturated heterocycles. The van der Waals surface area contributed by atoms with Gasteiger partial charge in [-0.15, -0.1) is 0 Å². The van der Waals surface area contributed by atoms with Crippen molar-refractivity contribution in [2.24, 2.45) is 5.73 Å². The second kappa shape index (κ2) is 4.76. The lowest BCUT2D eigenvalue weighted by Crippen LogP contribution is -2.22. The molecule has 16 heavy (non-hydrogen) atoms. The number of Topliss-reactive ketones (excluding diaryl/α,β-unsaturated/α-hetero) is 1.